The summed E-state index contributed by atoms with van der Waals surface area (Å²) in [6.07, 6.45) is 1.02. The average molecular weight is 266 g/mol. The third kappa shape index (κ3) is 2.64. The molecule has 1 aromatic rings. The molecule has 2 heterocycles. The minimum atomic E-state index is -0.861. The van der Waals surface area contributed by atoms with Crippen LogP contribution in [0, 0.1) is 0 Å². The van der Waals surface area contributed by atoms with Gasteiger partial charge in [-0.2, -0.15) is 0 Å². The van der Waals surface area contributed by atoms with Gasteiger partial charge in [-0.15, -0.1) is 0 Å². The fourth-order valence-corrected chi connectivity index (χ4v) is 3.50. The van der Waals surface area contributed by atoms with Gasteiger partial charge in [-0.25, -0.2) is 0 Å². The van der Waals surface area contributed by atoms with Crippen molar-refractivity contribution >= 4 is 16.9 Å². The smallest absolute Gasteiger partial charge is 0.181 e. The van der Waals surface area contributed by atoms with Crippen molar-refractivity contribution in [3.05, 3.63) is 23.8 Å². The molecule has 0 aliphatic carbocycles. The number of rotatable bonds is 3. The summed E-state index contributed by atoms with van der Waals surface area (Å²) in [7, 11) is 0. The highest BCUT2D eigenvalue weighted by atomic mass is 32.2. The van der Waals surface area contributed by atoms with Crippen molar-refractivity contribution in [1.29, 1.82) is 0 Å². The lowest BCUT2D eigenvalue weighted by Crippen LogP contribution is -2.37. The first kappa shape index (κ1) is 12.3. The van der Waals surface area contributed by atoms with E-state index >= 15 is 0 Å². The Balaban J connectivity index is 1.61. The molecular weight excluding hydrogens is 248 g/mol. The van der Waals surface area contributed by atoms with Gasteiger partial charge in [0.05, 0.1) is 18.9 Å². The zero-order valence-corrected chi connectivity index (χ0v) is 11.2. The Labute approximate surface area is 110 Å². The molecule has 18 heavy (non-hydrogen) atoms. The van der Waals surface area contributed by atoms with Crippen LogP contribution >= 0.6 is 0 Å². The summed E-state index contributed by atoms with van der Waals surface area (Å²) in [5.74, 6) is 0.558. The lowest BCUT2D eigenvalue weighted by Gasteiger charge is -2.26. The van der Waals surface area contributed by atoms with Gasteiger partial charge in [0.2, 0.25) is 0 Å². The topological polar surface area (TPSA) is 47.6 Å². The van der Waals surface area contributed by atoms with Crippen molar-refractivity contribution in [3.8, 4) is 0 Å². The molecule has 0 spiro atoms. The molecule has 5 heteroatoms. The van der Waals surface area contributed by atoms with E-state index in [0.717, 1.165) is 49.9 Å². The van der Waals surface area contributed by atoms with Crippen LogP contribution in [-0.2, 0) is 22.3 Å². The van der Waals surface area contributed by atoms with Gasteiger partial charge in [-0.1, -0.05) is 6.07 Å². The molecule has 3 rings (SSSR count). The predicted molar refractivity (Wildman–Crippen MR) is 72.3 cm³/mol. The third-order valence-electron chi connectivity index (χ3n) is 3.51. The Hall–Kier alpha value is -0.750. The van der Waals surface area contributed by atoms with Crippen LogP contribution in [0.15, 0.2) is 23.1 Å². The number of nitrogens with one attached hydrogen (secondary N) is 1. The van der Waals surface area contributed by atoms with Crippen LogP contribution in [0.4, 0.5) is 5.69 Å². The summed E-state index contributed by atoms with van der Waals surface area (Å²) in [5.41, 5.74) is 2.31. The monoisotopic (exact) mass is 266 g/mol. The van der Waals surface area contributed by atoms with Crippen molar-refractivity contribution in [3.63, 3.8) is 0 Å². The van der Waals surface area contributed by atoms with Crippen molar-refractivity contribution in [2.45, 2.75) is 11.3 Å². The molecule has 1 atom stereocenters. The molecule has 1 aromatic carbocycles. The number of hydrogen-bond acceptors (Lipinski definition) is 4. The second-order valence-corrected chi connectivity index (χ2v) is 6.12. The molecule has 1 N–H and O–H groups in total. The zero-order valence-electron chi connectivity index (χ0n) is 10.4. The van der Waals surface area contributed by atoms with E-state index in [-0.39, 0.29) is 0 Å². The van der Waals surface area contributed by atoms with Crippen LogP contribution in [0.5, 0.6) is 0 Å². The van der Waals surface area contributed by atoms with E-state index in [2.05, 4.69) is 28.4 Å². The van der Waals surface area contributed by atoms with Gasteiger partial charge in [0.25, 0.3) is 0 Å². The first-order valence-electron chi connectivity index (χ1n) is 6.38. The molecule has 0 amide bonds. The van der Waals surface area contributed by atoms with Gasteiger partial charge >= 0.3 is 0 Å². The van der Waals surface area contributed by atoms with Crippen LogP contribution in [0.3, 0.4) is 0 Å². The van der Waals surface area contributed by atoms with Crippen LogP contribution in [0.2, 0.25) is 0 Å². The van der Waals surface area contributed by atoms with Crippen molar-refractivity contribution in [1.82, 2.24) is 4.90 Å². The Morgan fingerprint density at radius 1 is 1.33 bits per heavy atom. The Morgan fingerprint density at radius 3 is 3.00 bits per heavy atom. The second-order valence-electron chi connectivity index (χ2n) is 4.70. The standard InChI is InChI=1S/C13H18N2O2S/c16-18-10-14-12-2-1-11(9-13(12)18)3-4-15-5-7-17-8-6-15/h1-2,9,14H,3-8,10H2. The summed E-state index contributed by atoms with van der Waals surface area (Å²) in [6, 6.07) is 6.27. The fraction of sp³-hybridized carbons (Fsp3) is 0.538. The summed E-state index contributed by atoms with van der Waals surface area (Å²) >= 11 is -0.861. The Morgan fingerprint density at radius 2 is 2.17 bits per heavy atom. The molecule has 2 aliphatic heterocycles. The summed E-state index contributed by atoms with van der Waals surface area (Å²) in [5, 5.41) is 3.16. The summed E-state index contributed by atoms with van der Waals surface area (Å²) in [6.45, 7) is 4.80. The molecule has 1 saturated heterocycles. The SMILES string of the molecule is [O-][S+]1CNc2ccc(CCN3CCOCC3)cc21. The van der Waals surface area contributed by atoms with Crippen LogP contribution in [0.1, 0.15) is 5.56 Å². The van der Waals surface area contributed by atoms with E-state index in [1.54, 1.807) is 0 Å². The number of ether oxygens (including phenoxy) is 1. The first-order chi connectivity index (χ1) is 8.83. The average Bonchev–Trinajstić information content (AvgIpc) is 2.79. The van der Waals surface area contributed by atoms with E-state index in [1.807, 2.05) is 0 Å². The van der Waals surface area contributed by atoms with Crippen molar-refractivity contribution < 1.29 is 9.29 Å². The first-order valence-corrected chi connectivity index (χ1v) is 7.70. The highest BCUT2D eigenvalue weighted by Gasteiger charge is 2.23. The van der Waals surface area contributed by atoms with E-state index in [4.69, 9.17) is 4.74 Å². The minimum Gasteiger partial charge on any atom is -0.610 e. The molecule has 4 nitrogen and oxygen atoms in total. The van der Waals surface area contributed by atoms with Crippen molar-refractivity contribution in [2.75, 3.05) is 44.0 Å². The molecule has 1 fully saturated rings. The van der Waals surface area contributed by atoms with Crippen LogP contribution in [-0.4, -0.2) is 48.2 Å². The number of fused-ring (bicyclic) bond motifs is 1. The molecule has 0 radical (unpaired) electrons. The lowest BCUT2D eigenvalue weighted by molar-refractivity contribution is 0.0384. The van der Waals surface area contributed by atoms with Gasteiger partial charge in [0.1, 0.15) is 0 Å². The fourth-order valence-electron chi connectivity index (χ4n) is 2.39. The summed E-state index contributed by atoms with van der Waals surface area (Å²) in [4.78, 5) is 3.39. The maximum Gasteiger partial charge on any atom is 0.181 e. The molecule has 98 valence electrons. The van der Waals surface area contributed by atoms with Gasteiger partial charge < -0.3 is 14.6 Å². The van der Waals surface area contributed by atoms with Gasteiger partial charge in [0.15, 0.2) is 10.8 Å². The number of morpholine rings is 1. The third-order valence-corrected chi connectivity index (χ3v) is 4.74. The van der Waals surface area contributed by atoms with E-state index < -0.39 is 11.2 Å². The zero-order chi connectivity index (χ0) is 12.4. The Bertz CT molecular complexity index is 421. The van der Waals surface area contributed by atoms with Gasteiger partial charge in [-0.3, -0.25) is 4.90 Å². The van der Waals surface area contributed by atoms with E-state index in [9.17, 15) is 4.55 Å². The maximum absolute atomic E-state index is 11.7. The number of hydrogen-bond donors (Lipinski definition) is 1. The summed E-state index contributed by atoms with van der Waals surface area (Å²) < 4.78 is 17.1. The van der Waals surface area contributed by atoms with E-state index in [1.165, 1.54) is 5.56 Å². The minimum absolute atomic E-state index is 0.558. The Kier molecular flexibility index (Phi) is 3.75. The molecule has 1 unspecified atom stereocenters. The normalized spacial score (nSPS) is 23.7. The lowest BCUT2D eigenvalue weighted by atomic mass is 10.1. The number of nitrogens with zero attached hydrogens (tertiary/aromatic N) is 1. The number of anilines is 1. The molecule has 0 aromatic heterocycles. The van der Waals surface area contributed by atoms with Gasteiger partial charge in [0, 0.05) is 30.8 Å². The molecule has 0 bridgehead atoms. The molecular formula is C13H18N2O2S. The quantitative estimate of drug-likeness (QED) is 0.831. The van der Waals surface area contributed by atoms with Crippen LogP contribution < -0.4 is 5.32 Å². The van der Waals surface area contributed by atoms with Crippen LogP contribution in [0.25, 0.3) is 0 Å². The highest BCUT2D eigenvalue weighted by Crippen LogP contribution is 2.29. The predicted octanol–water partition coefficient (Wildman–Crippen LogP) is 1.05. The highest BCUT2D eigenvalue weighted by molar-refractivity contribution is 7.92. The van der Waals surface area contributed by atoms with Gasteiger partial charge in [-0.05, 0) is 24.1 Å². The molecule has 0 saturated carbocycles. The number of benzene rings is 1. The van der Waals surface area contributed by atoms with E-state index in [0.29, 0.717) is 5.88 Å². The molecule has 2 aliphatic rings. The van der Waals surface area contributed by atoms with Crippen molar-refractivity contribution in [2.24, 2.45) is 0 Å². The maximum atomic E-state index is 11.7. The second kappa shape index (κ2) is 5.48. The largest absolute Gasteiger partial charge is 0.610 e.